The number of rotatable bonds is 9. The molecular formula is C21H25ClN2O4S. The van der Waals surface area contributed by atoms with E-state index in [1.807, 2.05) is 11.8 Å². The standard InChI is InChI=1S/C21H25ClN2O4S/c1-3-11-24(14-15-7-8-15)21(25)16-5-4-6-18(12-16)29(26,27)23-19-13-17(22)9-10-20(19)28-2/h4-6,9-10,12-13,15,23H,3,7-8,11,14H2,1-2H3. The largest absolute Gasteiger partial charge is 0.495 e. The maximum atomic E-state index is 13.0. The average Bonchev–Trinajstić information content (AvgIpc) is 3.51. The Labute approximate surface area is 176 Å². The van der Waals surface area contributed by atoms with E-state index in [1.165, 1.54) is 25.3 Å². The summed E-state index contributed by atoms with van der Waals surface area (Å²) in [6, 6.07) is 10.8. The van der Waals surface area contributed by atoms with Crippen LogP contribution in [0.2, 0.25) is 5.02 Å². The van der Waals surface area contributed by atoms with E-state index in [4.69, 9.17) is 16.3 Å². The fourth-order valence-corrected chi connectivity index (χ4v) is 4.38. The summed E-state index contributed by atoms with van der Waals surface area (Å²) in [7, 11) is -2.48. The zero-order valence-electron chi connectivity index (χ0n) is 16.5. The molecule has 2 aromatic rings. The Balaban J connectivity index is 1.85. The third kappa shape index (κ3) is 5.42. The van der Waals surface area contributed by atoms with Crippen molar-refractivity contribution in [2.75, 3.05) is 24.9 Å². The molecule has 6 nitrogen and oxygen atoms in total. The van der Waals surface area contributed by atoms with Crippen molar-refractivity contribution in [2.45, 2.75) is 31.1 Å². The third-order valence-electron chi connectivity index (χ3n) is 4.75. The second-order valence-electron chi connectivity index (χ2n) is 7.17. The van der Waals surface area contributed by atoms with Crippen LogP contribution in [0.25, 0.3) is 0 Å². The maximum Gasteiger partial charge on any atom is 0.262 e. The molecule has 0 radical (unpaired) electrons. The Hall–Kier alpha value is -2.25. The van der Waals surface area contributed by atoms with Gasteiger partial charge in [0.15, 0.2) is 0 Å². The molecule has 156 valence electrons. The molecule has 1 N–H and O–H groups in total. The van der Waals surface area contributed by atoms with Gasteiger partial charge < -0.3 is 9.64 Å². The van der Waals surface area contributed by atoms with E-state index in [0.29, 0.717) is 28.8 Å². The van der Waals surface area contributed by atoms with Crippen molar-refractivity contribution in [1.82, 2.24) is 4.90 Å². The van der Waals surface area contributed by atoms with E-state index >= 15 is 0 Å². The molecule has 3 rings (SSSR count). The first-order valence-corrected chi connectivity index (χ1v) is 11.5. The number of anilines is 1. The van der Waals surface area contributed by atoms with Gasteiger partial charge in [-0.05, 0) is 61.6 Å². The van der Waals surface area contributed by atoms with Crippen LogP contribution in [0.4, 0.5) is 5.69 Å². The monoisotopic (exact) mass is 436 g/mol. The summed E-state index contributed by atoms with van der Waals surface area (Å²) in [4.78, 5) is 14.8. The Morgan fingerprint density at radius 1 is 1.24 bits per heavy atom. The molecule has 2 aromatic carbocycles. The van der Waals surface area contributed by atoms with Crippen LogP contribution in [0.3, 0.4) is 0 Å². The molecule has 0 aromatic heterocycles. The number of hydrogen-bond donors (Lipinski definition) is 1. The van der Waals surface area contributed by atoms with Gasteiger partial charge in [0.2, 0.25) is 0 Å². The molecule has 0 aliphatic heterocycles. The van der Waals surface area contributed by atoms with Crippen molar-refractivity contribution in [3.63, 3.8) is 0 Å². The van der Waals surface area contributed by atoms with Gasteiger partial charge in [0, 0.05) is 23.7 Å². The first kappa shape index (κ1) is 21.5. The topological polar surface area (TPSA) is 75.7 Å². The summed E-state index contributed by atoms with van der Waals surface area (Å²) in [6.07, 6.45) is 3.15. The second kappa shape index (κ2) is 9.05. The molecule has 0 bridgehead atoms. The Bertz CT molecular complexity index is 990. The number of amides is 1. The van der Waals surface area contributed by atoms with E-state index in [2.05, 4.69) is 4.72 Å². The minimum absolute atomic E-state index is 0.00764. The van der Waals surface area contributed by atoms with Crippen LogP contribution in [0, 0.1) is 5.92 Å². The number of carbonyl (C=O) groups excluding carboxylic acids is 1. The molecule has 0 saturated heterocycles. The van der Waals surface area contributed by atoms with Crippen LogP contribution in [0.1, 0.15) is 36.5 Å². The van der Waals surface area contributed by atoms with Crippen LogP contribution in [0.5, 0.6) is 5.75 Å². The van der Waals surface area contributed by atoms with Gasteiger partial charge >= 0.3 is 0 Å². The number of nitrogens with one attached hydrogen (secondary N) is 1. The fourth-order valence-electron chi connectivity index (χ4n) is 3.10. The molecule has 1 amide bonds. The van der Waals surface area contributed by atoms with Gasteiger partial charge in [-0.15, -0.1) is 0 Å². The number of hydrogen-bond acceptors (Lipinski definition) is 4. The number of halogens is 1. The SMILES string of the molecule is CCCN(CC1CC1)C(=O)c1cccc(S(=O)(=O)Nc2cc(Cl)ccc2OC)c1. The van der Waals surface area contributed by atoms with E-state index in [0.717, 1.165) is 25.8 Å². The lowest BCUT2D eigenvalue weighted by atomic mass is 10.2. The molecule has 1 aliphatic rings. The van der Waals surface area contributed by atoms with Crippen molar-refractivity contribution in [2.24, 2.45) is 5.92 Å². The van der Waals surface area contributed by atoms with Crippen LogP contribution < -0.4 is 9.46 Å². The van der Waals surface area contributed by atoms with Crippen molar-refractivity contribution >= 4 is 33.2 Å². The van der Waals surface area contributed by atoms with E-state index in [9.17, 15) is 13.2 Å². The Kier molecular flexibility index (Phi) is 6.70. The van der Waals surface area contributed by atoms with Crippen molar-refractivity contribution in [3.8, 4) is 5.75 Å². The highest BCUT2D eigenvalue weighted by Crippen LogP contribution is 2.31. The molecule has 8 heteroatoms. The fraction of sp³-hybridized carbons (Fsp3) is 0.381. The molecule has 29 heavy (non-hydrogen) atoms. The van der Waals surface area contributed by atoms with Crippen LogP contribution >= 0.6 is 11.6 Å². The first-order chi connectivity index (χ1) is 13.8. The highest BCUT2D eigenvalue weighted by Gasteiger charge is 2.27. The number of carbonyl (C=O) groups is 1. The molecule has 1 fully saturated rings. The van der Waals surface area contributed by atoms with E-state index < -0.39 is 10.0 Å². The van der Waals surface area contributed by atoms with Gasteiger partial charge in [0.05, 0.1) is 17.7 Å². The van der Waals surface area contributed by atoms with Crippen LogP contribution in [-0.2, 0) is 10.0 Å². The molecular weight excluding hydrogens is 412 g/mol. The van der Waals surface area contributed by atoms with Gasteiger partial charge in [-0.1, -0.05) is 24.6 Å². The lowest BCUT2D eigenvalue weighted by molar-refractivity contribution is 0.0747. The molecule has 0 unspecified atom stereocenters. The summed E-state index contributed by atoms with van der Waals surface area (Å²) in [5.74, 6) is 0.772. The minimum atomic E-state index is -3.93. The summed E-state index contributed by atoms with van der Waals surface area (Å²) in [5, 5.41) is 0.378. The molecule has 1 saturated carbocycles. The van der Waals surface area contributed by atoms with Gasteiger partial charge in [-0.3, -0.25) is 9.52 Å². The quantitative estimate of drug-likeness (QED) is 0.631. The zero-order chi connectivity index (χ0) is 21.0. The predicted octanol–water partition coefficient (Wildman–Crippen LogP) is 4.41. The van der Waals surface area contributed by atoms with Gasteiger partial charge in [0.25, 0.3) is 15.9 Å². The molecule has 0 spiro atoms. The van der Waals surface area contributed by atoms with Crippen LogP contribution in [-0.4, -0.2) is 39.4 Å². The first-order valence-electron chi connectivity index (χ1n) is 9.59. The highest BCUT2D eigenvalue weighted by molar-refractivity contribution is 7.92. The smallest absolute Gasteiger partial charge is 0.262 e. The Morgan fingerprint density at radius 3 is 2.66 bits per heavy atom. The van der Waals surface area contributed by atoms with Crippen molar-refractivity contribution in [1.29, 1.82) is 0 Å². The average molecular weight is 437 g/mol. The van der Waals surface area contributed by atoms with Gasteiger partial charge in [-0.2, -0.15) is 0 Å². The van der Waals surface area contributed by atoms with Crippen LogP contribution in [0.15, 0.2) is 47.4 Å². The number of sulfonamides is 1. The number of ether oxygens (including phenoxy) is 1. The maximum absolute atomic E-state index is 13.0. The molecule has 1 aliphatic carbocycles. The summed E-state index contributed by atoms with van der Waals surface area (Å²) in [5.41, 5.74) is 0.595. The highest BCUT2D eigenvalue weighted by atomic mass is 35.5. The van der Waals surface area contributed by atoms with E-state index in [-0.39, 0.29) is 16.5 Å². The van der Waals surface area contributed by atoms with Crippen molar-refractivity contribution in [3.05, 3.63) is 53.1 Å². The summed E-state index contributed by atoms with van der Waals surface area (Å²) in [6.45, 7) is 3.41. The van der Waals surface area contributed by atoms with E-state index in [1.54, 1.807) is 24.3 Å². The van der Waals surface area contributed by atoms with Gasteiger partial charge in [-0.25, -0.2) is 8.42 Å². The summed E-state index contributed by atoms with van der Waals surface area (Å²) < 4.78 is 33.5. The molecule has 0 heterocycles. The normalized spacial score (nSPS) is 13.8. The zero-order valence-corrected chi connectivity index (χ0v) is 18.1. The lowest BCUT2D eigenvalue weighted by Crippen LogP contribution is -2.33. The molecule has 0 atom stereocenters. The van der Waals surface area contributed by atoms with Gasteiger partial charge in [0.1, 0.15) is 5.75 Å². The minimum Gasteiger partial charge on any atom is -0.495 e. The number of nitrogens with zero attached hydrogens (tertiary/aromatic N) is 1. The Morgan fingerprint density at radius 2 is 2.00 bits per heavy atom. The summed E-state index contributed by atoms with van der Waals surface area (Å²) >= 11 is 5.99. The van der Waals surface area contributed by atoms with Crippen molar-refractivity contribution < 1.29 is 17.9 Å². The second-order valence-corrected chi connectivity index (χ2v) is 9.29. The predicted molar refractivity (Wildman–Crippen MR) is 114 cm³/mol. The number of benzene rings is 2. The lowest BCUT2D eigenvalue weighted by Gasteiger charge is -2.22. The number of methoxy groups -OCH3 is 1. The third-order valence-corrected chi connectivity index (χ3v) is 6.35.